The van der Waals surface area contributed by atoms with Gasteiger partial charge in [0, 0.05) is 12.1 Å². The number of aliphatic hydroxyl groups excluding tert-OH is 1. The molecular weight excluding hydrogens is 290 g/mol. The van der Waals surface area contributed by atoms with Gasteiger partial charge in [-0.25, -0.2) is 0 Å². The van der Waals surface area contributed by atoms with Crippen LogP contribution in [0.1, 0.15) is 30.9 Å². The minimum absolute atomic E-state index is 0.282. The van der Waals surface area contributed by atoms with Crippen molar-refractivity contribution in [3.63, 3.8) is 0 Å². The normalized spacial score (nSPS) is 12.7. The molecule has 0 saturated heterocycles. The predicted molar refractivity (Wildman–Crippen MR) is 85.3 cm³/mol. The average molecular weight is 317 g/mol. The number of methoxy groups -OCH3 is 1. The van der Waals surface area contributed by atoms with Crippen LogP contribution in [0.2, 0.25) is 5.02 Å². The van der Waals surface area contributed by atoms with E-state index in [1.54, 1.807) is 7.11 Å². The zero-order valence-electron chi connectivity index (χ0n) is 13.4. The van der Waals surface area contributed by atoms with Gasteiger partial charge in [-0.2, -0.15) is 0 Å². The van der Waals surface area contributed by atoms with E-state index in [4.69, 9.17) is 21.1 Å². The van der Waals surface area contributed by atoms with Gasteiger partial charge >= 0.3 is 0 Å². The van der Waals surface area contributed by atoms with Gasteiger partial charge in [-0.3, -0.25) is 0 Å². The molecule has 0 fully saturated rings. The molecule has 0 spiro atoms. The standard InChI is InChI=1S/C16H26ClNO3/c1-11(2)14-8-15(17)12(3)7-16(14)21-10-13(19)9-18-5-6-20-4/h7-8,11,13,18-19H,5-6,9-10H2,1-4H3/p+1/t13-/m0/s1. The van der Waals surface area contributed by atoms with Crippen molar-refractivity contribution in [2.45, 2.75) is 32.8 Å². The van der Waals surface area contributed by atoms with Crippen LogP contribution in [0.5, 0.6) is 5.75 Å². The van der Waals surface area contributed by atoms with Crippen molar-refractivity contribution in [2.75, 3.05) is 33.4 Å². The van der Waals surface area contributed by atoms with E-state index in [9.17, 15) is 5.11 Å². The number of rotatable bonds is 9. The van der Waals surface area contributed by atoms with Crippen molar-refractivity contribution in [2.24, 2.45) is 0 Å². The zero-order valence-corrected chi connectivity index (χ0v) is 14.1. The first-order valence-corrected chi connectivity index (χ1v) is 7.75. The Bertz CT molecular complexity index is 438. The number of benzene rings is 1. The largest absolute Gasteiger partial charge is 0.490 e. The topological polar surface area (TPSA) is 55.3 Å². The highest BCUT2D eigenvalue weighted by atomic mass is 35.5. The highest BCUT2D eigenvalue weighted by Crippen LogP contribution is 2.31. The van der Waals surface area contributed by atoms with Gasteiger partial charge < -0.3 is 19.9 Å². The third-order valence-corrected chi connectivity index (χ3v) is 3.72. The Kier molecular flexibility index (Phi) is 8.04. The summed E-state index contributed by atoms with van der Waals surface area (Å²) in [7, 11) is 1.67. The first-order chi connectivity index (χ1) is 9.95. The van der Waals surface area contributed by atoms with Crippen molar-refractivity contribution < 1.29 is 19.9 Å². The van der Waals surface area contributed by atoms with E-state index < -0.39 is 6.10 Å². The third kappa shape index (κ3) is 6.22. The molecule has 1 aromatic carbocycles. The summed E-state index contributed by atoms with van der Waals surface area (Å²) in [6.45, 7) is 8.56. The highest BCUT2D eigenvalue weighted by Gasteiger charge is 2.13. The molecule has 0 aliphatic rings. The first kappa shape index (κ1) is 18.2. The van der Waals surface area contributed by atoms with Gasteiger partial charge in [0.15, 0.2) is 0 Å². The summed E-state index contributed by atoms with van der Waals surface area (Å²) < 4.78 is 10.8. The van der Waals surface area contributed by atoms with Gasteiger partial charge in [0.2, 0.25) is 0 Å². The predicted octanol–water partition coefficient (Wildman–Crippen LogP) is 1.72. The molecule has 0 bridgehead atoms. The van der Waals surface area contributed by atoms with E-state index in [1.807, 2.05) is 24.4 Å². The van der Waals surface area contributed by atoms with Crippen LogP contribution in [0.3, 0.4) is 0 Å². The molecule has 5 heteroatoms. The second-order valence-corrected chi connectivity index (χ2v) is 5.97. The molecule has 0 saturated carbocycles. The summed E-state index contributed by atoms with van der Waals surface area (Å²) in [5.41, 5.74) is 2.05. The molecule has 0 aromatic heterocycles. The molecule has 3 N–H and O–H groups in total. The lowest BCUT2D eigenvalue weighted by Crippen LogP contribution is -2.87. The summed E-state index contributed by atoms with van der Waals surface area (Å²) in [5, 5.41) is 12.7. The summed E-state index contributed by atoms with van der Waals surface area (Å²) in [6, 6.07) is 3.90. The number of halogens is 1. The summed E-state index contributed by atoms with van der Waals surface area (Å²) in [4.78, 5) is 0. The van der Waals surface area contributed by atoms with Crippen LogP contribution in [-0.4, -0.2) is 44.6 Å². The fourth-order valence-electron chi connectivity index (χ4n) is 2.01. The van der Waals surface area contributed by atoms with Crippen LogP contribution in [0.25, 0.3) is 0 Å². The maximum Gasteiger partial charge on any atom is 0.137 e. The SMILES string of the molecule is COCC[NH2+]C[C@H](O)COc1cc(C)c(Cl)cc1C(C)C. The van der Waals surface area contributed by atoms with E-state index in [0.29, 0.717) is 19.1 Å². The number of quaternary nitrogens is 1. The molecule has 0 aliphatic heterocycles. The molecule has 0 heterocycles. The van der Waals surface area contributed by atoms with Crippen LogP contribution in [0.4, 0.5) is 0 Å². The number of ether oxygens (including phenoxy) is 2. The van der Waals surface area contributed by atoms with Crippen molar-refractivity contribution in [1.29, 1.82) is 0 Å². The number of hydrogen-bond donors (Lipinski definition) is 2. The maximum atomic E-state index is 9.94. The molecule has 0 aliphatic carbocycles. The summed E-state index contributed by atoms with van der Waals surface area (Å²) in [5.74, 6) is 1.13. The quantitative estimate of drug-likeness (QED) is 0.682. The van der Waals surface area contributed by atoms with Crippen molar-refractivity contribution in [1.82, 2.24) is 0 Å². The molecular formula is C16H27ClNO3+. The lowest BCUT2D eigenvalue weighted by molar-refractivity contribution is -0.662. The Morgan fingerprint density at radius 1 is 1.33 bits per heavy atom. The Morgan fingerprint density at radius 2 is 2.05 bits per heavy atom. The maximum absolute atomic E-state index is 9.94. The van der Waals surface area contributed by atoms with Crippen LogP contribution in [-0.2, 0) is 4.74 Å². The minimum Gasteiger partial charge on any atom is -0.490 e. The van der Waals surface area contributed by atoms with E-state index in [1.165, 1.54) is 0 Å². The van der Waals surface area contributed by atoms with Crippen LogP contribution < -0.4 is 10.1 Å². The molecule has 0 radical (unpaired) electrons. The van der Waals surface area contributed by atoms with Crippen LogP contribution >= 0.6 is 11.6 Å². The van der Waals surface area contributed by atoms with E-state index in [0.717, 1.165) is 28.4 Å². The van der Waals surface area contributed by atoms with Crippen molar-refractivity contribution in [3.8, 4) is 5.75 Å². The number of hydrogen-bond acceptors (Lipinski definition) is 3. The van der Waals surface area contributed by atoms with Crippen molar-refractivity contribution in [3.05, 3.63) is 28.3 Å². The molecule has 1 atom stereocenters. The first-order valence-electron chi connectivity index (χ1n) is 7.37. The summed E-state index contributed by atoms with van der Waals surface area (Å²) >= 11 is 6.17. The zero-order chi connectivity index (χ0) is 15.8. The molecule has 21 heavy (non-hydrogen) atoms. The smallest absolute Gasteiger partial charge is 0.137 e. The lowest BCUT2D eigenvalue weighted by Gasteiger charge is -2.17. The Labute approximate surface area is 132 Å². The fourth-order valence-corrected chi connectivity index (χ4v) is 2.18. The van der Waals surface area contributed by atoms with E-state index in [2.05, 4.69) is 13.8 Å². The fraction of sp³-hybridized carbons (Fsp3) is 0.625. The molecule has 1 aromatic rings. The van der Waals surface area contributed by atoms with E-state index >= 15 is 0 Å². The minimum atomic E-state index is -0.502. The number of nitrogens with two attached hydrogens (primary N) is 1. The van der Waals surface area contributed by atoms with Gasteiger partial charge in [-0.05, 0) is 36.1 Å². The lowest BCUT2D eigenvalue weighted by atomic mass is 10.0. The molecule has 1 rings (SSSR count). The van der Waals surface area contributed by atoms with Gasteiger partial charge in [0.1, 0.15) is 25.0 Å². The van der Waals surface area contributed by atoms with Gasteiger partial charge in [-0.15, -0.1) is 0 Å². The third-order valence-electron chi connectivity index (χ3n) is 3.31. The second-order valence-electron chi connectivity index (χ2n) is 5.56. The molecule has 0 amide bonds. The average Bonchev–Trinajstić information content (AvgIpc) is 2.44. The van der Waals surface area contributed by atoms with E-state index in [-0.39, 0.29) is 6.61 Å². The Hall–Kier alpha value is -0.810. The van der Waals surface area contributed by atoms with Crippen LogP contribution in [0, 0.1) is 6.92 Å². The Balaban J connectivity index is 2.56. The second kappa shape index (κ2) is 9.26. The Morgan fingerprint density at radius 3 is 2.67 bits per heavy atom. The van der Waals surface area contributed by atoms with Crippen LogP contribution in [0.15, 0.2) is 12.1 Å². The molecule has 4 nitrogen and oxygen atoms in total. The number of aliphatic hydroxyl groups is 1. The number of aryl methyl sites for hydroxylation is 1. The van der Waals surface area contributed by atoms with Gasteiger partial charge in [0.25, 0.3) is 0 Å². The van der Waals surface area contributed by atoms with Gasteiger partial charge in [0.05, 0.1) is 13.2 Å². The highest BCUT2D eigenvalue weighted by molar-refractivity contribution is 6.31. The monoisotopic (exact) mass is 316 g/mol. The summed E-state index contributed by atoms with van der Waals surface area (Å²) in [6.07, 6.45) is -0.502. The molecule has 0 unspecified atom stereocenters. The molecule has 120 valence electrons. The van der Waals surface area contributed by atoms with Crippen molar-refractivity contribution >= 4 is 11.6 Å². The van der Waals surface area contributed by atoms with Gasteiger partial charge in [-0.1, -0.05) is 25.4 Å².